The van der Waals surface area contributed by atoms with Gasteiger partial charge in [0, 0.05) is 0 Å². The fraction of sp³-hybridized carbons (Fsp3) is 1.00. The fourth-order valence-electron chi connectivity index (χ4n) is 2.74. The average Bonchev–Trinajstić information content (AvgIpc) is 2.24. The van der Waals surface area contributed by atoms with Crippen molar-refractivity contribution in [3.8, 4) is 0 Å². The third-order valence-corrected chi connectivity index (χ3v) is 4.10. The van der Waals surface area contributed by atoms with Gasteiger partial charge in [0.05, 0.1) is 0 Å². The van der Waals surface area contributed by atoms with Crippen LogP contribution in [0.1, 0.15) is 78.1 Å². The van der Waals surface area contributed by atoms with E-state index in [0.717, 1.165) is 11.8 Å². The first kappa shape index (κ1) is 12.1. The highest BCUT2D eigenvalue weighted by atomic mass is 14.2. The number of hydrogen-bond acceptors (Lipinski definition) is 0. The van der Waals surface area contributed by atoms with Gasteiger partial charge in [-0.25, -0.2) is 0 Å². The molecule has 1 unspecified atom stereocenters. The molecule has 1 atom stereocenters. The van der Waals surface area contributed by atoms with Crippen LogP contribution < -0.4 is 0 Å². The standard InChI is InChI=1S/C14H28/c1-3-13(2)14-11-9-7-5-4-6-8-10-12-14/h13-14H,3-12H2,1-2H3. The maximum Gasteiger partial charge on any atom is -0.0389 e. The van der Waals surface area contributed by atoms with Crippen molar-refractivity contribution in [1.29, 1.82) is 0 Å². The van der Waals surface area contributed by atoms with Crippen LogP contribution in [0.2, 0.25) is 0 Å². The molecule has 0 amide bonds. The van der Waals surface area contributed by atoms with E-state index < -0.39 is 0 Å². The van der Waals surface area contributed by atoms with Crippen molar-refractivity contribution in [1.82, 2.24) is 0 Å². The van der Waals surface area contributed by atoms with Crippen LogP contribution in [0, 0.1) is 11.8 Å². The van der Waals surface area contributed by atoms with Gasteiger partial charge in [-0.2, -0.15) is 0 Å². The molecular formula is C14H28. The summed E-state index contributed by atoms with van der Waals surface area (Å²) in [5, 5.41) is 0. The molecule has 0 heteroatoms. The normalized spacial score (nSPS) is 24.4. The smallest absolute Gasteiger partial charge is 0.0389 e. The molecule has 0 heterocycles. The van der Waals surface area contributed by atoms with Gasteiger partial charge in [-0.15, -0.1) is 0 Å². The first-order valence-corrected chi connectivity index (χ1v) is 6.84. The summed E-state index contributed by atoms with van der Waals surface area (Å²) >= 11 is 0. The second kappa shape index (κ2) is 7.31. The Kier molecular flexibility index (Phi) is 6.31. The maximum atomic E-state index is 2.45. The van der Waals surface area contributed by atoms with Crippen molar-refractivity contribution in [2.45, 2.75) is 78.1 Å². The highest BCUT2D eigenvalue weighted by Crippen LogP contribution is 2.28. The lowest BCUT2D eigenvalue weighted by atomic mass is 9.82. The molecule has 1 fully saturated rings. The van der Waals surface area contributed by atoms with Gasteiger partial charge in [0.25, 0.3) is 0 Å². The maximum absolute atomic E-state index is 2.45. The second-order valence-corrected chi connectivity index (χ2v) is 5.20. The van der Waals surface area contributed by atoms with Crippen LogP contribution in [0.15, 0.2) is 0 Å². The quantitative estimate of drug-likeness (QED) is 0.571. The van der Waals surface area contributed by atoms with E-state index in [4.69, 9.17) is 0 Å². The van der Waals surface area contributed by atoms with Gasteiger partial charge in [0.15, 0.2) is 0 Å². The largest absolute Gasteiger partial charge is 0.0651 e. The third kappa shape index (κ3) is 4.48. The Bertz CT molecular complexity index is 118. The Morgan fingerprint density at radius 1 is 0.857 bits per heavy atom. The molecular weight excluding hydrogens is 168 g/mol. The summed E-state index contributed by atoms with van der Waals surface area (Å²) in [5.41, 5.74) is 0. The molecule has 1 rings (SSSR count). The molecule has 0 radical (unpaired) electrons. The van der Waals surface area contributed by atoms with Crippen molar-refractivity contribution in [2.75, 3.05) is 0 Å². The Morgan fingerprint density at radius 3 is 1.71 bits per heavy atom. The highest BCUT2D eigenvalue weighted by Gasteiger charge is 2.15. The van der Waals surface area contributed by atoms with E-state index in [0.29, 0.717) is 0 Å². The monoisotopic (exact) mass is 196 g/mol. The number of hydrogen-bond donors (Lipinski definition) is 0. The molecule has 0 aromatic heterocycles. The van der Waals surface area contributed by atoms with Crippen LogP contribution in [0.5, 0.6) is 0 Å². The molecule has 0 bridgehead atoms. The van der Waals surface area contributed by atoms with Gasteiger partial charge in [0.1, 0.15) is 0 Å². The number of rotatable bonds is 2. The Labute approximate surface area is 90.5 Å². The predicted molar refractivity (Wildman–Crippen MR) is 64.5 cm³/mol. The summed E-state index contributed by atoms with van der Waals surface area (Å²) in [7, 11) is 0. The van der Waals surface area contributed by atoms with Gasteiger partial charge >= 0.3 is 0 Å². The second-order valence-electron chi connectivity index (χ2n) is 5.20. The van der Waals surface area contributed by atoms with Crippen LogP contribution >= 0.6 is 0 Å². The minimum absolute atomic E-state index is 0.967. The summed E-state index contributed by atoms with van der Waals surface area (Å²) in [5.74, 6) is 2.01. The zero-order valence-corrected chi connectivity index (χ0v) is 10.2. The lowest BCUT2D eigenvalue weighted by Crippen LogP contribution is -2.11. The molecule has 0 aliphatic heterocycles. The van der Waals surface area contributed by atoms with Crippen LogP contribution in [0.25, 0.3) is 0 Å². The van der Waals surface area contributed by atoms with E-state index in [2.05, 4.69) is 13.8 Å². The molecule has 0 N–H and O–H groups in total. The van der Waals surface area contributed by atoms with Crippen molar-refractivity contribution in [3.63, 3.8) is 0 Å². The summed E-state index contributed by atoms with van der Waals surface area (Å²) in [4.78, 5) is 0. The van der Waals surface area contributed by atoms with Crippen molar-refractivity contribution >= 4 is 0 Å². The Hall–Kier alpha value is 0. The van der Waals surface area contributed by atoms with Crippen molar-refractivity contribution in [3.05, 3.63) is 0 Å². The lowest BCUT2D eigenvalue weighted by molar-refractivity contribution is 0.282. The zero-order chi connectivity index (χ0) is 10.2. The molecule has 0 aromatic carbocycles. The van der Waals surface area contributed by atoms with E-state index in [1.54, 1.807) is 0 Å². The van der Waals surface area contributed by atoms with Crippen molar-refractivity contribution in [2.24, 2.45) is 11.8 Å². The van der Waals surface area contributed by atoms with Crippen LogP contribution in [-0.2, 0) is 0 Å². The SMILES string of the molecule is CCC(C)C1CCCCCCCCC1. The summed E-state index contributed by atoms with van der Waals surface area (Å²) in [6, 6.07) is 0. The Morgan fingerprint density at radius 2 is 1.29 bits per heavy atom. The minimum atomic E-state index is 0.967. The fourth-order valence-corrected chi connectivity index (χ4v) is 2.74. The van der Waals surface area contributed by atoms with Gasteiger partial charge in [0.2, 0.25) is 0 Å². The summed E-state index contributed by atoms with van der Waals surface area (Å²) < 4.78 is 0. The van der Waals surface area contributed by atoms with Gasteiger partial charge in [-0.1, -0.05) is 78.1 Å². The Balaban J connectivity index is 2.30. The zero-order valence-electron chi connectivity index (χ0n) is 10.2. The van der Waals surface area contributed by atoms with Gasteiger partial charge in [-0.3, -0.25) is 0 Å². The van der Waals surface area contributed by atoms with Gasteiger partial charge in [-0.05, 0) is 11.8 Å². The van der Waals surface area contributed by atoms with Crippen molar-refractivity contribution < 1.29 is 0 Å². The lowest BCUT2D eigenvalue weighted by Gasteiger charge is -2.23. The van der Waals surface area contributed by atoms with Crippen LogP contribution in [-0.4, -0.2) is 0 Å². The molecule has 0 spiro atoms. The molecule has 1 saturated carbocycles. The summed E-state index contributed by atoms with van der Waals surface area (Å²) in [6.45, 7) is 4.81. The van der Waals surface area contributed by atoms with E-state index in [1.165, 1.54) is 64.2 Å². The first-order valence-electron chi connectivity index (χ1n) is 6.84. The summed E-state index contributed by atoms with van der Waals surface area (Å²) in [6.07, 6.45) is 14.9. The average molecular weight is 196 g/mol. The molecule has 0 saturated heterocycles. The topological polar surface area (TPSA) is 0 Å². The molecule has 0 aromatic rings. The third-order valence-electron chi connectivity index (χ3n) is 4.10. The predicted octanol–water partition coefficient (Wildman–Crippen LogP) is 5.17. The molecule has 0 nitrogen and oxygen atoms in total. The molecule has 1 aliphatic carbocycles. The van der Waals surface area contributed by atoms with Crippen LogP contribution in [0.4, 0.5) is 0 Å². The first-order chi connectivity index (χ1) is 6.84. The molecule has 1 aliphatic rings. The van der Waals surface area contributed by atoms with E-state index in [9.17, 15) is 0 Å². The van der Waals surface area contributed by atoms with E-state index in [-0.39, 0.29) is 0 Å². The molecule has 14 heavy (non-hydrogen) atoms. The van der Waals surface area contributed by atoms with E-state index >= 15 is 0 Å². The van der Waals surface area contributed by atoms with Crippen LogP contribution in [0.3, 0.4) is 0 Å². The molecule has 84 valence electrons. The highest BCUT2D eigenvalue weighted by molar-refractivity contribution is 4.67. The minimum Gasteiger partial charge on any atom is -0.0651 e. The van der Waals surface area contributed by atoms with E-state index in [1.807, 2.05) is 0 Å². The van der Waals surface area contributed by atoms with Gasteiger partial charge < -0.3 is 0 Å².